The quantitative estimate of drug-likeness (QED) is 0.697. The van der Waals surface area contributed by atoms with E-state index in [1.54, 1.807) is 6.92 Å². The topological polar surface area (TPSA) is 95.2 Å². The summed E-state index contributed by atoms with van der Waals surface area (Å²) in [7, 11) is -3.41. The Hall–Kier alpha value is -1.21. The van der Waals surface area contributed by atoms with E-state index in [9.17, 15) is 8.42 Å². The van der Waals surface area contributed by atoms with Crippen LogP contribution in [0.25, 0.3) is 0 Å². The molecule has 1 aromatic heterocycles. The average Bonchev–Trinajstić information content (AvgIpc) is 2.11. The van der Waals surface area contributed by atoms with Crippen molar-refractivity contribution < 1.29 is 13.2 Å². The second kappa shape index (κ2) is 5.04. The molecule has 7 heteroatoms. The smallest absolute Gasteiger partial charge is 0.316 e. The standard InChI is InChI=1S/C8H12N3O3S/c1-7-3-4-10-8(11-7)14-5-2-6-15(9,12)13/h4H,2,5-6H2,1H3,(H2,9,12,13). The molecule has 0 spiro atoms. The lowest BCUT2D eigenvalue weighted by atomic mass is 10.5. The van der Waals surface area contributed by atoms with Crippen molar-refractivity contribution in [3.8, 4) is 6.01 Å². The minimum absolute atomic E-state index is 0.106. The summed E-state index contributed by atoms with van der Waals surface area (Å²) in [5.41, 5.74) is 0.673. The van der Waals surface area contributed by atoms with Crippen molar-refractivity contribution in [2.75, 3.05) is 12.4 Å². The zero-order valence-corrected chi connectivity index (χ0v) is 9.12. The van der Waals surface area contributed by atoms with Gasteiger partial charge in [0.15, 0.2) is 0 Å². The number of nitrogens with zero attached hydrogens (tertiary/aromatic N) is 2. The Morgan fingerprint density at radius 2 is 2.33 bits per heavy atom. The predicted octanol–water partition coefficient (Wildman–Crippen LogP) is -0.357. The van der Waals surface area contributed by atoms with Crippen molar-refractivity contribution in [1.29, 1.82) is 0 Å². The van der Waals surface area contributed by atoms with Gasteiger partial charge in [-0.3, -0.25) is 0 Å². The number of aryl methyl sites for hydroxylation is 1. The highest BCUT2D eigenvalue weighted by molar-refractivity contribution is 7.89. The van der Waals surface area contributed by atoms with Gasteiger partial charge in [-0.15, -0.1) is 0 Å². The molecular formula is C8H12N3O3S. The highest BCUT2D eigenvalue weighted by atomic mass is 32.2. The van der Waals surface area contributed by atoms with E-state index in [-0.39, 0.29) is 18.4 Å². The van der Waals surface area contributed by atoms with Crippen LogP contribution in [-0.4, -0.2) is 30.7 Å². The van der Waals surface area contributed by atoms with Gasteiger partial charge in [0.1, 0.15) is 0 Å². The Morgan fingerprint density at radius 1 is 1.60 bits per heavy atom. The van der Waals surface area contributed by atoms with Gasteiger partial charge in [-0.05, 0) is 13.3 Å². The minimum atomic E-state index is -3.41. The predicted molar refractivity (Wildman–Crippen MR) is 53.7 cm³/mol. The molecule has 15 heavy (non-hydrogen) atoms. The number of hydrogen-bond donors (Lipinski definition) is 1. The molecule has 0 fully saturated rings. The van der Waals surface area contributed by atoms with Gasteiger partial charge in [0.2, 0.25) is 10.0 Å². The zero-order chi connectivity index (χ0) is 11.3. The number of sulfonamides is 1. The highest BCUT2D eigenvalue weighted by Crippen LogP contribution is 2.01. The number of ether oxygens (including phenoxy) is 1. The number of nitrogens with two attached hydrogens (primary N) is 1. The lowest BCUT2D eigenvalue weighted by Crippen LogP contribution is -2.18. The first-order chi connectivity index (χ1) is 6.97. The first-order valence-corrected chi connectivity index (χ1v) is 6.03. The molecule has 1 radical (unpaired) electrons. The van der Waals surface area contributed by atoms with Crippen LogP contribution in [0.4, 0.5) is 0 Å². The second-order valence-electron chi connectivity index (χ2n) is 2.95. The van der Waals surface area contributed by atoms with Crippen LogP contribution in [0, 0.1) is 13.0 Å². The molecule has 0 aliphatic carbocycles. The molecule has 0 bridgehead atoms. The third kappa shape index (κ3) is 5.28. The average molecular weight is 230 g/mol. The fourth-order valence-corrected chi connectivity index (χ4v) is 1.40. The van der Waals surface area contributed by atoms with Gasteiger partial charge in [0.25, 0.3) is 0 Å². The van der Waals surface area contributed by atoms with Crippen molar-refractivity contribution >= 4 is 10.0 Å². The molecule has 1 aromatic rings. The Morgan fingerprint density at radius 3 is 2.93 bits per heavy atom. The van der Waals surface area contributed by atoms with Crippen LogP contribution < -0.4 is 9.88 Å². The van der Waals surface area contributed by atoms with E-state index in [0.29, 0.717) is 12.1 Å². The van der Waals surface area contributed by atoms with Gasteiger partial charge in [-0.25, -0.2) is 18.5 Å². The molecule has 0 aliphatic heterocycles. The summed E-state index contributed by atoms with van der Waals surface area (Å²) in [6.45, 7) is 1.98. The van der Waals surface area contributed by atoms with Gasteiger partial charge in [0.05, 0.1) is 18.1 Å². The molecule has 0 unspecified atom stereocenters. The summed E-state index contributed by atoms with van der Waals surface area (Å²) in [6.07, 6.45) is 1.77. The monoisotopic (exact) mass is 230 g/mol. The van der Waals surface area contributed by atoms with Crippen LogP contribution in [0.2, 0.25) is 0 Å². The van der Waals surface area contributed by atoms with Crippen LogP contribution in [0.5, 0.6) is 6.01 Å². The summed E-state index contributed by atoms with van der Waals surface area (Å²) >= 11 is 0. The summed E-state index contributed by atoms with van der Waals surface area (Å²) in [6, 6.07) is 2.99. The summed E-state index contributed by atoms with van der Waals surface area (Å²) in [5, 5.41) is 4.82. The summed E-state index contributed by atoms with van der Waals surface area (Å²) in [4.78, 5) is 7.74. The van der Waals surface area contributed by atoms with Gasteiger partial charge in [-0.1, -0.05) is 0 Å². The SMILES string of the molecule is Cc1[c]cnc(OCCCS(N)(=O)=O)n1. The van der Waals surface area contributed by atoms with E-state index < -0.39 is 10.0 Å². The number of rotatable bonds is 5. The van der Waals surface area contributed by atoms with Crippen LogP contribution in [0.15, 0.2) is 6.20 Å². The van der Waals surface area contributed by atoms with Crippen LogP contribution >= 0.6 is 0 Å². The van der Waals surface area contributed by atoms with E-state index in [4.69, 9.17) is 9.88 Å². The van der Waals surface area contributed by atoms with E-state index in [1.165, 1.54) is 6.20 Å². The largest absolute Gasteiger partial charge is 0.463 e. The maximum atomic E-state index is 10.6. The first-order valence-electron chi connectivity index (χ1n) is 4.32. The van der Waals surface area contributed by atoms with Crippen LogP contribution in [0.1, 0.15) is 12.1 Å². The van der Waals surface area contributed by atoms with Crippen molar-refractivity contribution in [2.24, 2.45) is 5.14 Å². The Labute approximate surface area is 88.5 Å². The molecule has 0 saturated heterocycles. The van der Waals surface area contributed by atoms with Crippen molar-refractivity contribution in [2.45, 2.75) is 13.3 Å². The highest BCUT2D eigenvalue weighted by Gasteiger charge is 2.03. The summed E-state index contributed by atoms with van der Waals surface area (Å²) in [5.74, 6) is -0.106. The van der Waals surface area contributed by atoms with Crippen molar-refractivity contribution in [3.63, 3.8) is 0 Å². The number of primary sulfonamides is 1. The van der Waals surface area contributed by atoms with Crippen LogP contribution in [-0.2, 0) is 10.0 Å². The van der Waals surface area contributed by atoms with E-state index in [1.807, 2.05) is 0 Å². The van der Waals surface area contributed by atoms with Gasteiger partial charge in [-0.2, -0.15) is 4.98 Å². The lowest BCUT2D eigenvalue weighted by molar-refractivity contribution is 0.291. The Balaban J connectivity index is 2.32. The van der Waals surface area contributed by atoms with E-state index >= 15 is 0 Å². The molecule has 6 nitrogen and oxygen atoms in total. The second-order valence-corrected chi connectivity index (χ2v) is 4.69. The van der Waals surface area contributed by atoms with Gasteiger partial charge in [0, 0.05) is 12.3 Å². The fourth-order valence-electron chi connectivity index (χ4n) is 0.879. The normalized spacial score (nSPS) is 11.3. The third-order valence-electron chi connectivity index (χ3n) is 1.52. The Kier molecular flexibility index (Phi) is 3.98. The van der Waals surface area contributed by atoms with Crippen molar-refractivity contribution in [3.05, 3.63) is 18.0 Å². The summed E-state index contributed by atoms with van der Waals surface area (Å²) < 4.78 is 26.3. The van der Waals surface area contributed by atoms with Crippen molar-refractivity contribution in [1.82, 2.24) is 9.97 Å². The molecule has 1 rings (SSSR count). The fraction of sp³-hybridized carbons (Fsp3) is 0.500. The molecule has 83 valence electrons. The number of hydrogen-bond acceptors (Lipinski definition) is 5. The maximum Gasteiger partial charge on any atom is 0.316 e. The number of aromatic nitrogens is 2. The van der Waals surface area contributed by atoms with E-state index in [2.05, 4.69) is 16.0 Å². The van der Waals surface area contributed by atoms with Gasteiger partial charge < -0.3 is 4.74 Å². The molecule has 0 saturated carbocycles. The van der Waals surface area contributed by atoms with Crippen LogP contribution in [0.3, 0.4) is 0 Å². The molecule has 2 N–H and O–H groups in total. The maximum absolute atomic E-state index is 10.6. The van der Waals surface area contributed by atoms with Gasteiger partial charge >= 0.3 is 6.01 Å². The molecule has 0 aromatic carbocycles. The Bertz CT molecular complexity index is 419. The van der Waals surface area contributed by atoms with E-state index in [0.717, 1.165) is 0 Å². The minimum Gasteiger partial charge on any atom is -0.463 e. The zero-order valence-electron chi connectivity index (χ0n) is 8.30. The molecule has 0 aliphatic rings. The molecule has 0 amide bonds. The third-order valence-corrected chi connectivity index (χ3v) is 2.37. The lowest BCUT2D eigenvalue weighted by Gasteiger charge is -2.03. The molecule has 0 atom stereocenters. The molecular weight excluding hydrogens is 218 g/mol. The molecule has 1 heterocycles. The first kappa shape index (κ1) is 11.9.